The zero-order chi connectivity index (χ0) is 19.0. The van der Waals surface area contributed by atoms with E-state index in [0.29, 0.717) is 0 Å². The van der Waals surface area contributed by atoms with Gasteiger partial charge in [-0.15, -0.1) is 0 Å². The van der Waals surface area contributed by atoms with Crippen molar-refractivity contribution >= 4 is 73.1 Å². The molecule has 1 aromatic heterocycles. The van der Waals surface area contributed by atoms with Gasteiger partial charge in [0.05, 0.1) is 7.11 Å². The smallest absolute Gasteiger partial charge is 0.333 e. The van der Waals surface area contributed by atoms with Crippen molar-refractivity contribution in [2.75, 3.05) is 12.4 Å². The minimum absolute atomic E-state index is 0. The van der Waals surface area contributed by atoms with Crippen molar-refractivity contribution in [1.29, 1.82) is 0 Å². The molecule has 0 unspecified atom stereocenters. The summed E-state index contributed by atoms with van der Waals surface area (Å²) in [5.41, 5.74) is 5.61. The van der Waals surface area contributed by atoms with E-state index in [0.717, 1.165) is 55.3 Å². The zero-order valence-corrected chi connectivity index (χ0v) is 20.0. The minimum Gasteiger partial charge on any atom is -0.480 e. The second-order valence-corrected chi connectivity index (χ2v) is 8.46. The van der Waals surface area contributed by atoms with E-state index in [1.807, 2.05) is 0 Å². The number of aryl methyl sites for hydroxylation is 2. The third-order valence-corrected chi connectivity index (χ3v) is 6.50. The van der Waals surface area contributed by atoms with Crippen molar-refractivity contribution in [2.24, 2.45) is 0 Å². The Morgan fingerprint density at radius 1 is 1.11 bits per heavy atom. The van der Waals surface area contributed by atoms with Gasteiger partial charge in [0.25, 0.3) is 10.0 Å². The predicted octanol–water partition coefficient (Wildman–Crippen LogP) is 2.20. The standard InChI is InChI=1S/C19H21N3O4S.K/c1-26-18-16(9-4-10-20-18)27(24,25)22-19(23)21-17-14-7-2-5-12(14)11-13-6-3-8-15(13)17;/h4,9-11H,2-3,5-8H2,1H3,(H2,21,22,23);. The van der Waals surface area contributed by atoms with Gasteiger partial charge in [-0.2, -0.15) is 0 Å². The molecule has 2 aliphatic carbocycles. The number of pyridine rings is 1. The molecule has 28 heavy (non-hydrogen) atoms. The predicted molar refractivity (Wildman–Crippen MR) is 106 cm³/mol. The molecule has 143 valence electrons. The Hall–Kier alpha value is -0.974. The van der Waals surface area contributed by atoms with Crippen molar-refractivity contribution in [3.05, 3.63) is 46.6 Å². The summed E-state index contributed by atoms with van der Waals surface area (Å²) in [5.74, 6) is -0.0562. The molecule has 9 heteroatoms. The normalized spacial score (nSPS) is 14.6. The first-order valence-electron chi connectivity index (χ1n) is 8.99. The van der Waals surface area contributed by atoms with Gasteiger partial charge in [0.15, 0.2) is 0 Å². The third kappa shape index (κ3) is 4.15. The average molecular weight is 427 g/mol. The van der Waals surface area contributed by atoms with Gasteiger partial charge in [0.1, 0.15) is 4.90 Å². The second-order valence-electron chi connectivity index (χ2n) is 6.80. The van der Waals surface area contributed by atoms with E-state index in [9.17, 15) is 13.2 Å². The number of aromatic nitrogens is 1. The summed E-state index contributed by atoms with van der Waals surface area (Å²) in [7, 11) is -2.77. The third-order valence-electron chi connectivity index (χ3n) is 5.16. The Kier molecular flexibility index (Phi) is 6.83. The number of nitrogens with one attached hydrogen (secondary N) is 2. The number of rotatable bonds is 4. The summed E-state index contributed by atoms with van der Waals surface area (Å²) in [6, 6.07) is 4.31. The maximum atomic E-state index is 12.6. The van der Waals surface area contributed by atoms with Crippen LogP contribution in [0.3, 0.4) is 0 Å². The molecule has 2 aromatic rings. The number of carbonyl (C=O) groups is 1. The van der Waals surface area contributed by atoms with Gasteiger partial charge in [-0.25, -0.2) is 22.9 Å². The van der Waals surface area contributed by atoms with Crippen molar-refractivity contribution < 1.29 is 17.9 Å². The van der Waals surface area contributed by atoms with E-state index < -0.39 is 16.1 Å². The summed E-state index contributed by atoms with van der Waals surface area (Å²) in [6.45, 7) is 0. The van der Waals surface area contributed by atoms with Gasteiger partial charge >= 0.3 is 6.03 Å². The van der Waals surface area contributed by atoms with Crippen LogP contribution in [-0.4, -0.2) is 77.9 Å². The van der Waals surface area contributed by atoms with Crippen molar-refractivity contribution in [2.45, 2.75) is 43.4 Å². The molecule has 0 fully saturated rings. The van der Waals surface area contributed by atoms with E-state index in [1.165, 1.54) is 36.6 Å². The Bertz CT molecular complexity index is 992. The van der Waals surface area contributed by atoms with Crippen LogP contribution in [0.4, 0.5) is 10.5 Å². The molecular formula is C19H21KN3O4S. The Balaban J connectivity index is 0.00000225. The molecule has 0 bridgehead atoms. The molecule has 2 aliphatic rings. The maximum absolute atomic E-state index is 12.6. The van der Waals surface area contributed by atoms with E-state index >= 15 is 0 Å². The first-order chi connectivity index (χ1) is 13.0. The molecule has 0 saturated carbocycles. The molecule has 2 N–H and O–H groups in total. The molecule has 0 aliphatic heterocycles. The van der Waals surface area contributed by atoms with Crippen LogP contribution >= 0.6 is 0 Å². The molecule has 1 radical (unpaired) electrons. The number of methoxy groups -OCH3 is 1. The maximum Gasteiger partial charge on any atom is 0.333 e. The minimum atomic E-state index is -4.10. The summed E-state index contributed by atoms with van der Waals surface area (Å²) in [5, 5.41) is 2.82. The topological polar surface area (TPSA) is 97.4 Å². The number of nitrogens with zero attached hydrogens (tertiary/aromatic N) is 1. The SMILES string of the molecule is COc1ncccc1S(=O)(=O)NC(=O)Nc1c2c(cc3c1CCC3)CCC2.[K]. The van der Waals surface area contributed by atoms with Crippen molar-refractivity contribution in [1.82, 2.24) is 9.71 Å². The zero-order valence-electron chi connectivity index (χ0n) is 16.0. The largest absolute Gasteiger partial charge is 0.480 e. The first kappa shape index (κ1) is 21.7. The van der Waals surface area contributed by atoms with Crippen LogP contribution in [0.25, 0.3) is 0 Å². The number of ether oxygens (including phenoxy) is 1. The first-order valence-corrected chi connectivity index (χ1v) is 10.5. The van der Waals surface area contributed by atoms with Gasteiger partial charge in [0, 0.05) is 63.3 Å². The van der Waals surface area contributed by atoms with Crippen LogP contribution in [0.2, 0.25) is 0 Å². The van der Waals surface area contributed by atoms with E-state index in [4.69, 9.17) is 4.74 Å². The van der Waals surface area contributed by atoms with E-state index in [1.54, 1.807) is 0 Å². The number of carbonyl (C=O) groups excluding carboxylic acids is 1. The van der Waals surface area contributed by atoms with Crippen molar-refractivity contribution in [3.8, 4) is 5.88 Å². The summed E-state index contributed by atoms with van der Waals surface area (Å²) in [6.07, 6.45) is 7.35. The molecule has 0 atom stereocenters. The Morgan fingerprint density at radius 2 is 1.75 bits per heavy atom. The molecule has 1 heterocycles. The fourth-order valence-electron chi connectivity index (χ4n) is 4.02. The molecule has 0 spiro atoms. The number of benzene rings is 1. The number of fused-ring (bicyclic) bond motifs is 2. The second kappa shape index (κ2) is 8.81. The van der Waals surface area contributed by atoms with Crippen LogP contribution < -0.4 is 14.8 Å². The van der Waals surface area contributed by atoms with Gasteiger partial charge in [-0.1, -0.05) is 6.07 Å². The number of amides is 2. The monoisotopic (exact) mass is 426 g/mol. The quantitative estimate of drug-likeness (QED) is 0.731. The summed E-state index contributed by atoms with van der Waals surface area (Å²) in [4.78, 5) is 16.2. The van der Waals surface area contributed by atoms with Crippen LogP contribution in [-0.2, 0) is 35.7 Å². The summed E-state index contributed by atoms with van der Waals surface area (Å²) >= 11 is 0. The number of sulfonamides is 1. The number of hydrogen-bond donors (Lipinski definition) is 2. The van der Waals surface area contributed by atoms with Gasteiger partial charge < -0.3 is 10.1 Å². The van der Waals surface area contributed by atoms with Gasteiger partial charge in [0.2, 0.25) is 5.88 Å². The Labute approximate surface area is 207 Å². The molecule has 2 amide bonds. The number of hydrogen-bond acceptors (Lipinski definition) is 5. The molecular weight excluding hydrogens is 405 g/mol. The fourth-order valence-corrected chi connectivity index (χ4v) is 5.05. The molecule has 1 aromatic carbocycles. The van der Waals surface area contributed by atoms with Crippen LogP contribution in [0.15, 0.2) is 29.3 Å². The van der Waals surface area contributed by atoms with Crippen molar-refractivity contribution in [3.63, 3.8) is 0 Å². The fraction of sp³-hybridized carbons (Fsp3) is 0.368. The van der Waals surface area contributed by atoms with E-state index in [-0.39, 0.29) is 62.2 Å². The number of urea groups is 1. The molecule has 0 saturated heterocycles. The van der Waals surface area contributed by atoms with Crippen LogP contribution in [0.5, 0.6) is 5.88 Å². The summed E-state index contributed by atoms with van der Waals surface area (Å²) < 4.78 is 32.2. The Morgan fingerprint density at radius 3 is 2.36 bits per heavy atom. The van der Waals surface area contributed by atoms with Crippen LogP contribution in [0, 0.1) is 0 Å². The van der Waals surface area contributed by atoms with E-state index in [2.05, 4.69) is 21.1 Å². The van der Waals surface area contributed by atoms with Gasteiger partial charge in [-0.3, -0.25) is 0 Å². The molecule has 4 rings (SSSR count). The van der Waals surface area contributed by atoms with Crippen LogP contribution in [0.1, 0.15) is 35.1 Å². The molecule has 7 nitrogen and oxygen atoms in total. The number of anilines is 1. The van der Waals surface area contributed by atoms with Gasteiger partial charge in [-0.05, 0) is 72.9 Å². The average Bonchev–Trinajstić information content (AvgIpc) is 3.30.